The van der Waals surface area contributed by atoms with Crippen LogP contribution in [-0.4, -0.2) is 28.1 Å². The number of hydrogen-bond donors (Lipinski definition) is 0. The highest BCUT2D eigenvalue weighted by atomic mass is 16.5. The Balaban J connectivity index is 1.41. The molecule has 4 rings (SSSR count). The molecule has 8 heteroatoms. The van der Waals surface area contributed by atoms with Gasteiger partial charge in [0.15, 0.2) is 12.4 Å². The Hall–Kier alpha value is -4.07. The van der Waals surface area contributed by atoms with Crippen LogP contribution in [0, 0.1) is 20.8 Å². The molecule has 3 heterocycles. The van der Waals surface area contributed by atoms with Crippen molar-refractivity contribution in [1.29, 1.82) is 0 Å². The number of ether oxygens (including phenoxy) is 2. The Labute approximate surface area is 184 Å². The van der Waals surface area contributed by atoms with Crippen molar-refractivity contribution in [2.24, 2.45) is 0 Å². The van der Waals surface area contributed by atoms with Gasteiger partial charge in [0, 0.05) is 28.6 Å². The number of carbonyl (C=O) groups is 2. The number of nitrogens with zero attached hydrogens (tertiary/aromatic N) is 2. The van der Waals surface area contributed by atoms with E-state index in [1.54, 1.807) is 32.0 Å². The second-order valence-corrected chi connectivity index (χ2v) is 7.29. The van der Waals surface area contributed by atoms with Gasteiger partial charge in [-0.15, -0.1) is 0 Å². The van der Waals surface area contributed by atoms with Gasteiger partial charge in [0.05, 0.1) is 6.26 Å². The van der Waals surface area contributed by atoms with Crippen molar-refractivity contribution >= 4 is 11.8 Å². The summed E-state index contributed by atoms with van der Waals surface area (Å²) in [4.78, 5) is 25.3. The third kappa shape index (κ3) is 4.34. The Kier molecular flexibility index (Phi) is 5.93. The number of para-hydroxylation sites is 1. The fourth-order valence-corrected chi connectivity index (χ4v) is 3.44. The van der Waals surface area contributed by atoms with Crippen LogP contribution in [0.4, 0.5) is 0 Å². The van der Waals surface area contributed by atoms with Crippen molar-refractivity contribution in [1.82, 2.24) is 9.72 Å². The SMILES string of the molecule is Cc1cc(-n2c(C)cc(C(=O)COC(=O)c3occc3COc3ccccc3)c2C)no1. The molecular weight excluding hydrogens is 412 g/mol. The first-order valence-electron chi connectivity index (χ1n) is 10.0. The number of hydrogen-bond acceptors (Lipinski definition) is 7. The molecule has 0 atom stereocenters. The molecule has 0 unspecified atom stereocenters. The second-order valence-electron chi connectivity index (χ2n) is 7.29. The van der Waals surface area contributed by atoms with E-state index in [2.05, 4.69) is 5.16 Å². The Morgan fingerprint density at radius 3 is 2.56 bits per heavy atom. The van der Waals surface area contributed by atoms with Crippen LogP contribution >= 0.6 is 0 Å². The van der Waals surface area contributed by atoms with E-state index < -0.39 is 12.6 Å². The monoisotopic (exact) mass is 434 g/mol. The van der Waals surface area contributed by atoms with Gasteiger partial charge in [0.2, 0.25) is 11.5 Å². The third-order valence-electron chi connectivity index (χ3n) is 4.98. The van der Waals surface area contributed by atoms with Gasteiger partial charge in [-0.2, -0.15) is 0 Å². The van der Waals surface area contributed by atoms with Crippen LogP contribution in [0.25, 0.3) is 5.82 Å². The van der Waals surface area contributed by atoms with E-state index in [0.29, 0.717) is 34.1 Å². The molecule has 0 aliphatic heterocycles. The molecule has 0 aliphatic carbocycles. The Bertz CT molecular complexity index is 1250. The summed E-state index contributed by atoms with van der Waals surface area (Å²) >= 11 is 0. The van der Waals surface area contributed by atoms with Gasteiger partial charge >= 0.3 is 5.97 Å². The number of aryl methyl sites for hydroxylation is 2. The molecule has 4 aromatic rings. The number of furan rings is 1. The first kappa shape index (κ1) is 21.2. The summed E-state index contributed by atoms with van der Waals surface area (Å²) in [6.45, 7) is 5.18. The van der Waals surface area contributed by atoms with Crippen LogP contribution in [0.5, 0.6) is 5.75 Å². The fraction of sp³-hybridized carbons (Fsp3) is 0.208. The number of aromatic nitrogens is 2. The third-order valence-corrected chi connectivity index (χ3v) is 4.98. The Morgan fingerprint density at radius 1 is 1.06 bits per heavy atom. The minimum atomic E-state index is -0.726. The summed E-state index contributed by atoms with van der Waals surface area (Å²) in [6.07, 6.45) is 1.38. The van der Waals surface area contributed by atoms with Gasteiger partial charge in [0.1, 0.15) is 18.1 Å². The standard InChI is InChI=1S/C24H22N2O6/c1-15-11-20(17(3)26(15)22-12-16(2)32-25-22)21(27)14-31-24(28)23-18(9-10-29-23)13-30-19-7-5-4-6-8-19/h4-12H,13-14H2,1-3H3. The zero-order valence-electron chi connectivity index (χ0n) is 18.0. The van der Waals surface area contributed by atoms with Crippen LogP contribution < -0.4 is 4.74 Å². The highest BCUT2D eigenvalue weighted by Crippen LogP contribution is 2.22. The van der Waals surface area contributed by atoms with Crippen molar-refractivity contribution < 1.29 is 28.0 Å². The van der Waals surface area contributed by atoms with E-state index in [0.717, 1.165) is 5.69 Å². The maximum Gasteiger partial charge on any atom is 0.375 e. The van der Waals surface area contributed by atoms with E-state index in [-0.39, 0.29) is 18.2 Å². The van der Waals surface area contributed by atoms with Crippen molar-refractivity contribution in [3.05, 3.63) is 88.8 Å². The predicted octanol–water partition coefficient (Wildman–Crippen LogP) is 4.60. The summed E-state index contributed by atoms with van der Waals surface area (Å²) in [5, 5.41) is 4.00. The lowest BCUT2D eigenvalue weighted by Crippen LogP contribution is -2.16. The van der Waals surface area contributed by atoms with Gasteiger partial charge < -0.3 is 18.4 Å². The summed E-state index contributed by atoms with van der Waals surface area (Å²) in [6, 6.07) is 14.4. The van der Waals surface area contributed by atoms with Crippen LogP contribution in [0.1, 0.15) is 43.6 Å². The van der Waals surface area contributed by atoms with Crippen molar-refractivity contribution in [2.75, 3.05) is 6.61 Å². The van der Waals surface area contributed by atoms with E-state index in [1.165, 1.54) is 6.26 Å². The molecule has 0 aliphatic rings. The highest BCUT2D eigenvalue weighted by molar-refractivity contribution is 6.00. The van der Waals surface area contributed by atoms with Gasteiger partial charge in [-0.1, -0.05) is 23.4 Å². The average Bonchev–Trinajstić information content (AvgIpc) is 3.50. The van der Waals surface area contributed by atoms with E-state index in [9.17, 15) is 9.59 Å². The fourth-order valence-electron chi connectivity index (χ4n) is 3.44. The number of ketones is 1. The first-order chi connectivity index (χ1) is 15.4. The van der Waals surface area contributed by atoms with Crippen LogP contribution in [0.3, 0.4) is 0 Å². The maximum atomic E-state index is 12.7. The first-order valence-corrected chi connectivity index (χ1v) is 10.0. The Morgan fingerprint density at radius 2 is 1.84 bits per heavy atom. The molecule has 0 saturated heterocycles. The van der Waals surface area contributed by atoms with Crippen LogP contribution in [0.2, 0.25) is 0 Å². The molecule has 32 heavy (non-hydrogen) atoms. The van der Waals surface area contributed by atoms with E-state index >= 15 is 0 Å². The number of benzene rings is 1. The van der Waals surface area contributed by atoms with Crippen molar-refractivity contribution in [3.63, 3.8) is 0 Å². The highest BCUT2D eigenvalue weighted by Gasteiger charge is 2.22. The van der Waals surface area contributed by atoms with Crippen molar-refractivity contribution in [3.8, 4) is 11.6 Å². The number of rotatable bonds is 8. The largest absolute Gasteiger partial charge is 0.489 e. The zero-order chi connectivity index (χ0) is 22.7. The molecule has 1 aromatic carbocycles. The molecule has 0 N–H and O–H groups in total. The molecule has 3 aromatic heterocycles. The molecule has 8 nitrogen and oxygen atoms in total. The van der Waals surface area contributed by atoms with E-state index in [1.807, 2.05) is 41.8 Å². The quantitative estimate of drug-likeness (QED) is 0.295. The van der Waals surface area contributed by atoms with Crippen LogP contribution in [-0.2, 0) is 11.3 Å². The minimum Gasteiger partial charge on any atom is -0.489 e. The number of Topliss-reactive ketones (excluding diaryl/α,β-unsaturated/α-hetero) is 1. The topological polar surface area (TPSA) is 96.7 Å². The summed E-state index contributed by atoms with van der Waals surface area (Å²) in [5.74, 6) is 0.882. The molecule has 164 valence electrons. The van der Waals surface area contributed by atoms with Gasteiger partial charge in [-0.25, -0.2) is 4.79 Å². The second kappa shape index (κ2) is 8.97. The minimum absolute atomic E-state index is 0.0114. The average molecular weight is 434 g/mol. The maximum absolute atomic E-state index is 12.7. The molecule has 0 bridgehead atoms. The molecular formula is C24H22N2O6. The number of esters is 1. The molecule has 0 radical (unpaired) electrons. The van der Waals surface area contributed by atoms with Gasteiger partial charge in [-0.3, -0.25) is 9.36 Å². The lowest BCUT2D eigenvalue weighted by Gasteiger charge is -2.07. The van der Waals surface area contributed by atoms with E-state index in [4.69, 9.17) is 18.4 Å². The smallest absolute Gasteiger partial charge is 0.375 e. The molecule has 0 fully saturated rings. The summed E-state index contributed by atoms with van der Waals surface area (Å²) < 4.78 is 23.1. The predicted molar refractivity (Wildman–Crippen MR) is 114 cm³/mol. The molecule has 0 saturated carbocycles. The zero-order valence-corrected chi connectivity index (χ0v) is 18.0. The lowest BCUT2D eigenvalue weighted by atomic mass is 10.1. The lowest BCUT2D eigenvalue weighted by molar-refractivity contribution is 0.0440. The van der Waals surface area contributed by atoms with Gasteiger partial charge in [0.25, 0.3) is 0 Å². The van der Waals surface area contributed by atoms with Gasteiger partial charge in [-0.05, 0) is 45.0 Å². The summed E-state index contributed by atoms with van der Waals surface area (Å²) in [7, 11) is 0. The summed E-state index contributed by atoms with van der Waals surface area (Å²) in [5.41, 5.74) is 2.48. The normalized spacial score (nSPS) is 10.8. The van der Waals surface area contributed by atoms with Crippen molar-refractivity contribution in [2.45, 2.75) is 27.4 Å². The molecule has 0 amide bonds. The number of carbonyl (C=O) groups excluding carboxylic acids is 2. The molecule has 0 spiro atoms. The van der Waals surface area contributed by atoms with Crippen LogP contribution in [0.15, 0.2) is 63.7 Å².